The van der Waals surface area contributed by atoms with Crippen LogP contribution in [0, 0.1) is 0 Å². The van der Waals surface area contributed by atoms with Crippen LogP contribution in [0.1, 0.15) is 29.8 Å². The molecular weight excluding hydrogens is 294 g/mol. The van der Waals surface area contributed by atoms with E-state index in [2.05, 4.69) is 9.98 Å². The highest BCUT2D eigenvalue weighted by Crippen LogP contribution is 2.23. The molecule has 2 aromatic rings. The van der Waals surface area contributed by atoms with Crippen molar-refractivity contribution in [1.82, 2.24) is 4.98 Å². The smallest absolute Gasteiger partial charge is 0.279 e. The lowest BCUT2D eigenvalue weighted by Gasteiger charge is -2.09. The number of nitrogens with zero attached hydrogens (tertiary/aromatic N) is 2. The van der Waals surface area contributed by atoms with Gasteiger partial charge in [0.05, 0.1) is 13.2 Å². The van der Waals surface area contributed by atoms with Crippen molar-refractivity contribution in [3.05, 3.63) is 53.9 Å². The Kier molecular flexibility index (Phi) is 5.68. The molecule has 1 heterocycles. The van der Waals surface area contributed by atoms with Crippen molar-refractivity contribution in [1.29, 1.82) is 0 Å². The standard InChI is InChI=1S/C17H19N3O3/c1-3-22-14-9-13(10-15(11-14)23-4-2)17(21)20-16(18)12-5-7-19-8-6-12/h5-11H,3-4H2,1-2H3,(H2,18,20,21). The zero-order valence-corrected chi connectivity index (χ0v) is 13.2. The van der Waals surface area contributed by atoms with Gasteiger partial charge in [-0.3, -0.25) is 9.78 Å². The van der Waals surface area contributed by atoms with Crippen molar-refractivity contribution in [2.24, 2.45) is 10.7 Å². The molecule has 0 radical (unpaired) electrons. The number of nitrogens with two attached hydrogens (primary N) is 1. The minimum absolute atomic E-state index is 0.136. The highest BCUT2D eigenvalue weighted by Gasteiger charge is 2.11. The summed E-state index contributed by atoms with van der Waals surface area (Å²) < 4.78 is 10.9. The third kappa shape index (κ3) is 4.54. The summed E-state index contributed by atoms with van der Waals surface area (Å²) in [6.45, 7) is 4.72. The van der Waals surface area contributed by atoms with Crippen LogP contribution in [0.5, 0.6) is 11.5 Å². The Morgan fingerprint density at radius 3 is 2.13 bits per heavy atom. The number of hydrogen-bond acceptors (Lipinski definition) is 4. The monoisotopic (exact) mass is 313 g/mol. The minimum atomic E-state index is -0.457. The van der Waals surface area contributed by atoms with Crippen LogP contribution in [0.15, 0.2) is 47.7 Å². The predicted octanol–water partition coefficient (Wildman–Crippen LogP) is 2.42. The minimum Gasteiger partial charge on any atom is -0.494 e. The lowest BCUT2D eigenvalue weighted by molar-refractivity contribution is 0.100. The van der Waals surface area contributed by atoms with Crippen molar-refractivity contribution >= 4 is 11.7 Å². The lowest BCUT2D eigenvalue weighted by Crippen LogP contribution is -2.16. The Balaban J connectivity index is 2.30. The number of rotatable bonds is 6. The fourth-order valence-electron chi connectivity index (χ4n) is 1.96. The molecule has 0 saturated heterocycles. The first-order chi connectivity index (χ1) is 11.1. The second-order valence-electron chi connectivity index (χ2n) is 4.60. The summed E-state index contributed by atoms with van der Waals surface area (Å²) in [5.74, 6) is 0.790. The maximum absolute atomic E-state index is 12.3. The molecule has 1 amide bonds. The lowest BCUT2D eigenvalue weighted by atomic mass is 10.2. The number of benzene rings is 1. The predicted molar refractivity (Wildman–Crippen MR) is 88.1 cm³/mol. The van der Waals surface area contributed by atoms with Gasteiger partial charge in [-0.25, -0.2) is 0 Å². The molecule has 0 saturated carbocycles. The second-order valence-corrected chi connectivity index (χ2v) is 4.60. The van der Waals surface area contributed by atoms with Gasteiger partial charge in [0.25, 0.3) is 5.91 Å². The molecule has 1 aromatic carbocycles. The summed E-state index contributed by atoms with van der Waals surface area (Å²) in [6, 6.07) is 8.36. The maximum Gasteiger partial charge on any atom is 0.279 e. The number of aromatic nitrogens is 1. The molecule has 0 spiro atoms. The number of hydrogen-bond donors (Lipinski definition) is 1. The van der Waals surface area contributed by atoms with Crippen LogP contribution in [-0.4, -0.2) is 29.9 Å². The van der Waals surface area contributed by atoms with E-state index in [-0.39, 0.29) is 5.84 Å². The first-order valence-electron chi connectivity index (χ1n) is 7.33. The molecule has 2 N–H and O–H groups in total. The number of pyridine rings is 1. The number of aliphatic imine (C=N–C) groups is 1. The molecule has 0 aliphatic heterocycles. The topological polar surface area (TPSA) is 86.8 Å². The molecule has 1 aromatic heterocycles. The van der Waals surface area contributed by atoms with Crippen molar-refractivity contribution in [3.8, 4) is 11.5 Å². The van der Waals surface area contributed by atoms with Crippen LogP contribution < -0.4 is 15.2 Å². The van der Waals surface area contributed by atoms with Gasteiger partial charge in [-0.05, 0) is 38.1 Å². The molecule has 120 valence electrons. The molecule has 0 aliphatic rings. The third-order valence-electron chi connectivity index (χ3n) is 2.95. The van der Waals surface area contributed by atoms with E-state index in [1.807, 2.05) is 13.8 Å². The van der Waals surface area contributed by atoms with Crippen LogP contribution in [0.25, 0.3) is 0 Å². The molecule has 0 atom stereocenters. The van der Waals surface area contributed by atoms with Crippen LogP contribution >= 0.6 is 0 Å². The van der Waals surface area contributed by atoms with Crippen LogP contribution in [0.2, 0.25) is 0 Å². The van der Waals surface area contributed by atoms with Crippen LogP contribution in [-0.2, 0) is 0 Å². The van der Waals surface area contributed by atoms with Gasteiger partial charge in [-0.2, -0.15) is 4.99 Å². The van der Waals surface area contributed by atoms with E-state index in [0.29, 0.717) is 35.8 Å². The summed E-state index contributed by atoms with van der Waals surface area (Å²) in [6.07, 6.45) is 3.18. The van der Waals surface area contributed by atoms with E-state index < -0.39 is 5.91 Å². The third-order valence-corrected chi connectivity index (χ3v) is 2.95. The summed E-state index contributed by atoms with van der Waals surface area (Å²) in [5.41, 5.74) is 6.86. The summed E-state index contributed by atoms with van der Waals surface area (Å²) >= 11 is 0. The highest BCUT2D eigenvalue weighted by atomic mass is 16.5. The molecule has 0 bridgehead atoms. The zero-order valence-electron chi connectivity index (χ0n) is 13.2. The van der Waals surface area contributed by atoms with Gasteiger partial charge < -0.3 is 15.2 Å². The van der Waals surface area contributed by atoms with E-state index in [1.54, 1.807) is 42.7 Å². The van der Waals surface area contributed by atoms with Crippen molar-refractivity contribution in [2.45, 2.75) is 13.8 Å². The van der Waals surface area contributed by atoms with Gasteiger partial charge >= 0.3 is 0 Å². The van der Waals surface area contributed by atoms with Crippen LogP contribution in [0.4, 0.5) is 0 Å². The van der Waals surface area contributed by atoms with Gasteiger partial charge in [0.2, 0.25) is 0 Å². The summed E-state index contributed by atoms with van der Waals surface area (Å²) in [5, 5.41) is 0. The number of carbonyl (C=O) groups is 1. The van der Waals surface area contributed by atoms with Gasteiger partial charge in [-0.1, -0.05) is 0 Å². The number of ether oxygens (including phenoxy) is 2. The Morgan fingerprint density at radius 1 is 1.04 bits per heavy atom. The fourth-order valence-corrected chi connectivity index (χ4v) is 1.96. The van der Waals surface area contributed by atoms with Crippen LogP contribution in [0.3, 0.4) is 0 Å². The fraction of sp³-hybridized carbons (Fsp3) is 0.235. The van der Waals surface area contributed by atoms with Gasteiger partial charge in [0.15, 0.2) is 0 Å². The summed E-state index contributed by atoms with van der Waals surface area (Å²) in [4.78, 5) is 20.2. The van der Waals surface area contributed by atoms with Crippen molar-refractivity contribution in [2.75, 3.05) is 13.2 Å². The van der Waals surface area contributed by atoms with E-state index >= 15 is 0 Å². The summed E-state index contributed by atoms with van der Waals surface area (Å²) in [7, 11) is 0. The van der Waals surface area contributed by atoms with Crippen molar-refractivity contribution in [3.63, 3.8) is 0 Å². The SMILES string of the molecule is CCOc1cc(OCC)cc(C(=O)N=C(N)c2ccncc2)c1. The molecule has 2 rings (SSSR count). The second kappa shape index (κ2) is 7.93. The van der Waals surface area contributed by atoms with E-state index in [9.17, 15) is 4.79 Å². The average molecular weight is 313 g/mol. The number of amides is 1. The normalized spacial score (nSPS) is 11.1. The Labute approximate surface area is 135 Å². The zero-order chi connectivity index (χ0) is 16.7. The molecule has 6 nitrogen and oxygen atoms in total. The Hall–Kier alpha value is -2.89. The number of carbonyl (C=O) groups excluding carboxylic acids is 1. The maximum atomic E-state index is 12.3. The van der Waals surface area contributed by atoms with Gasteiger partial charge in [0, 0.05) is 29.6 Å². The van der Waals surface area contributed by atoms with E-state index in [0.717, 1.165) is 0 Å². The largest absolute Gasteiger partial charge is 0.494 e. The molecule has 6 heteroatoms. The molecule has 23 heavy (non-hydrogen) atoms. The molecule has 0 unspecified atom stereocenters. The van der Waals surface area contributed by atoms with Crippen molar-refractivity contribution < 1.29 is 14.3 Å². The Morgan fingerprint density at radius 2 is 1.61 bits per heavy atom. The first-order valence-corrected chi connectivity index (χ1v) is 7.33. The quantitative estimate of drug-likeness (QED) is 0.654. The molecule has 0 fully saturated rings. The molecule has 0 aliphatic carbocycles. The average Bonchev–Trinajstić information content (AvgIpc) is 2.56. The van der Waals surface area contributed by atoms with Gasteiger partial charge in [0.1, 0.15) is 17.3 Å². The number of amidine groups is 1. The highest BCUT2D eigenvalue weighted by molar-refractivity contribution is 6.08. The van der Waals surface area contributed by atoms with Gasteiger partial charge in [-0.15, -0.1) is 0 Å². The van der Waals surface area contributed by atoms with E-state index in [1.165, 1.54) is 0 Å². The van der Waals surface area contributed by atoms with E-state index in [4.69, 9.17) is 15.2 Å². The first kappa shape index (κ1) is 16.5. The molecular formula is C17H19N3O3. The Bertz CT molecular complexity index is 675.